The molecule has 6 heteroatoms. The first-order valence-electron chi connectivity index (χ1n) is 10.7. The predicted octanol–water partition coefficient (Wildman–Crippen LogP) is 4.16. The van der Waals surface area contributed by atoms with Crippen LogP contribution in [0, 0.1) is 12.8 Å². The Kier molecular flexibility index (Phi) is 7.44. The van der Waals surface area contributed by atoms with Crippen molar-refractivity contribution < 1.29 is 14.3 Å². The number of hydrogen-bond donors (Lipinski definition) is 1. The lowest BCUT2D eigenvalue weighted by Crippen LogP contribution is -2.45. The van der Waals surface area contributed by atoms with Crippen LogP contribution in [0.15, 0.2) is 42.6 Å². The fourth-order valence-electron chi connectivity index (χ4n) is 3.66. The van der Waals surface area contributed by atoms with Gasteiger partial charge in [0.05, 0.1) is 5.92 Å². The van der Waals surface area contributed by atoms with Gasteiger partial charge in [0.1, 0.15) is 11.6 Å². The standard InChI is InChI=1S/C24H31N3O3/c1-4-18(3)20-9-5-6-10-21(20)30-16-23(28)27-13-7-8-19(15-27)24(29)26-22-12-11-17(2)14-25-22/h5-6,9-12,14,18-19H,4,7-8,13,15-16H2,1-3H3,(H,25,26,29). The van der Waals surface area contributed by atoms with Gasteiger partial charge in [0, 0.05) is 19.3 Å². The molecule has 0 bridgehead atoms. The first-order chi connectivity index (χ1) is 14.5. The number of hydrogen-bond acceptors (Lipinski definition) is 4. The molecule has 1 N–H and O–H groups in total. The van der Waals surface area contributed by atoms with E-state index >= 15 is 0 Å². The summed E-state index contributed by atoms with van der Waals surface area (Å²) in [6, 6.07) is 11.6. The van der Waals surface area contributed by atoms with Gasteiger partial charge in [-0.15, -0.1) is 0 Å². The van der Waals surface area contributed by atoms with Crippen LogP contribution >= 0.6 is 0 Å². The molecule has 1 aromatic carbocycles. The number of ether oxygens (including phenoxy) is 1. The SMILES string of the molecule is CCC(C)c1ccccc1OCC(=O)N1CCCC(C(=O)Nc2ccc(C)cn2)C1. The summed E-state index contributed by atoms with van der Waals surface area (Å²) in [6.45, 7) is 7.29. The van der Waals surface area contributed by atoms with Crippen molar-refractivity contribution in [2.75, 3.05) is 25.0 Å². The van der Waals surface area contributed by atoms with E-state index < -0.39 is 0 Å². The number of carbonyl (C=O) groups excluding carboxylic acids is 2. The third kappa shape index (κ3) is 5.59. The van der Waals surface area contributed by atoms with E-state index in [4.69, 9.17) is 4.74 Å². The molecular formula is C24H31N3O3. The minimum Gasteiger partial charge on any atom is -0.483 e. The summed E-state index contributed by atoms with van der Waals surface area (Å²) >= 11 is 0. The average molecular weight is 410 g/mol. The lowest BCUT2D eigenvalue weighted by Gasteiger charge is -2.32. The molecule has 0 spiro atoms. The van der Waals surface area contributed by atoms with Gasteiger partial charge in [-0.3, -0.25) is 9.59 Å². The number of aromatic nitrogens is 1. The normalized spacial score (nSPS) is 17.3. The molecule has 0 saturated carbocycles. The summed E-state index contributed by atoms with van der Waals surface area (Å²) in [6.07, 6.45) is 4.29. The third-order valence-corrected chi connectivity index (χ3v) is 5.72. The van der Waals surface area contributed by atoms with Gasteiger partial charge >= 0.3 is 0 Å². The van der Waals surface area contributed by atoms with Gasteiger partial charge in [-0.2, -0.15) is 0 Å². The summed E-state index contributed by atoms with van der Waals surface area (Å²) in [5, 5.41) is 2.86. The van der Waals surface area contributed by atoms with Crippen molar-refractivity contribution in [3.63, 3.8) is 0 Å². The zero-order valence-electron chi connectivity index (χ0n) is 18.1. The van der Waals surface area contributed by atoms with Crippen molar-refractivity contribution in [1.29, 1.82) is 0 Å². The smallest absolute Gasteiger partial charge is 0.260 e. The minimum atomic E-state index is -0.238. The molecule has 1 saturated heterocycles. The van der Waals surface area contributed by atoms with E-state index in [0.717, 1.165) is 36.1 Å². The van der Waals surface area contributed by atoms with Crippen LogP contribution < -0.4 is 10.1 Å². The highest BCUT2D eigenvalue weighted by atomic mass is 16.5. The predicted molar refractivity (Wildman–Crippen MR) is 118 cm³/mol. The van der Waals surface area contributed by atoms with E-state index in [1.54, 1.807) is 17.2 Å². The van der Waals surface area contributed by atoms with Crippen LogP contribution in [0.2, 0.25) is 0 Å². The molecule has 1 aromatic heterocycles. The van der Waals surface area contributed by atoms with Gasteiger partial charge in [-0.1, -0.05) is 38.1 Å². The van der Waals surface area contributed by atoms with Gasteiger partial charge < -0.3 is 15.0 Å². The molecule has 2 heterocycles. The first-order valence-corrected chi connectivity index (χ1v) is 10.7. The minimum absolute atomic E-state index is 0.0126. The van der Waals surface area contributed by atoms with Crippen molar-refractivity contribution in [2.45, 2.75) is 46.0 Å². The number of aryl methyl sites for hydroxylation is 1. The number of anilines is 1. The fraction of sp³-hybridized carbons (Fsp3) is 0.458. The Morgan fingerprint density at radius 3 is 2.80 bits per heavy atom. The van der Waals surface area contributed by atoms with E-state index in [0.29, 0.717) is 24.8 Å². The Hall–Kier alpha value is -2.89. The van der Waals surface area contributed by atoms with E-state index in [1.165, 1.54) is 0 Å². The van der Waals surface area contributed by atoms with E-state index in [9.17, 15) is 9.59 Å². The van der Waals surface area contributed by atoms with E-state index in [1.807, 2.05) is 37.3 Å². The van der Waals surface area contributed by atoms with Gasteiger partial charge in [0.15, 0.2) is 6.61 Å². The van der Waals surface area contributed by atoms with Gasteiger partial charge in [-0.05, 0) is 55.4 Å². The number of nitrogens with one attached hydrogen (secondary N) is 1. The number of rotatable bonds is 7. The Morgan fingerprint density at radius 1 is 1.27 bits per heavy atom. The average Bonchev–Trinajstić information content (AvgIpc) is 2.78. The fourth-order valence-corrected chi connectivity index (χ4v) is 3.66. The molecule has 2 aromatic rings. The summed E-state index contributed by atoms with van der Waals surface area (Å²) in [5.74, 6) is 1.26. The lowest BCUT2D eigenvalue weighted by atomic mass is 9.97. The van der Waals surface area contributed by atoms with Crippen LogP contribution in [-0.4, -0.2) is 41.4 Å². The Labute approximate surface area is 178 Å². The van der Waals surface area contributed by atoms with Crippen molar-refractivity contribution in [3.05, 3.63) is 53.7 Å². The summed E-state index contributed by atoms with van der Waals surface area (Å²) in [4.78, 5) is 31.3. The maximum absolute atomic E-state index is 12.7. The molecule has 6 nitrogen and oxygen atoms in total. The number of piperidine rings is 1. The van der Waals surface area contributed by atoms with Crippen molar-refractivity contribution >= 4 is 17.6 Å². The number of nitrogens with zero attached hydrogens (tertiary/aromatic N) is 2. The number of amides is 2. The molecule has 2 amide bonds. The second kappa shape index (κ2) is 10.2. The molecule has 160 valence electrons. The molecular weight excluding hydrogens is 378 g/mol. The molecule has 2 unspecified atom stereocenters. The summed E-state index contributed by atoms with van der Waals surface area (Å²) < 4.78 is 5.88. The quantitative estimate of drug-likeness (QED) is 0.745. The second-order valence-electron chi connectivity index (χ2n) is 8.02. The Balaban J connectivity index is 1.55. The van der Waals surface area contributed by atoms with Gasteiger partial charge in [-0.25, -0.2) is 4.98 Å². The van der Waals surface area contributed by atoms with Crippen LogP contribution in [0.4, 0.5) is 5.82 Å². The van der Waals surface area contributed by atoms with Crippen molar-refractivity contribution in [3.8, 4) is 5.75 Å². The number of carbonyl (C=O) groups is 2. The maximum atomic E-state index is 12.7. The molecule has 3 rings (SSSR count). The number of benzene rings is 1. The summed E-state index contributed by atoms with van der Waals surface area (Å²) in [7, 11) is 0. The third-order valence-electron chi connectivity index (χ3n) is 5.72. The molecule has 1 aliphatic rings. The van der Waals surface area contributed by atoms with Gasteiger partial charge in [0.25, 0.3) is 5.91 Å². The van der Waals surface area contributed by atoms with Crippen molar-refractivity contribution in [1.82, 2.24) is 9.88 Å². The van der Waals surface area contributed by atoms with Crippen LogP contribution in [0.3, 0.4) is 0 Å². The Morgan fingerprint density at radius 2 is 2.07 bits per heavy atom. The summed E-state index contributed by atoms with van der Waals surface area (Å²) in [5.41, 5.74) is 2.16. The molecule has 1 fully saturated rings. The van der Waals surface area contributed by atoms with Crippen LogP contribution in [0.5, 0.6) is 5.75 Å². The van der Waals surface area contributed by atoms with Crippen molar-refractivity contribution in [2.24, 2.45) is 5.92 Å². The molecule has 0 radical (unpaired) electrons. The molecule has 0 aliphatic carbocycles. The zero-order valence-corrected chi connectivity index (χ0v) is 18.1. The monoisotopic (exact) mass is 409 g/mol. The largest absolute Gasteiger partial charge is 0.483 e. The number of para-hydroxylation sites is 1. The Bertz CT molecular complexity index is 866. The second-order valence-corrected chi connectivity index (χ2v) is 8.02. The topological polar surface area (TPSA) is 71.5 Å². The zero-order chi connectivity index (χ0) is 21.5. The molecule has 2 atom stereocenters. The highest BCUT2D eigenvalue weighted by Crippen LogP contribution is 2.28. The number of pyridine rings is 1. The van der Waals surface area contributed by atoms with E-state index in [2.05, 4.69) is 24.1 Å². The van der Waals surface area contributed by atoms with Crippen LogP contribution in [0.1, 0.15) is 50.2 Å². The van der Waals surface area contributed by atoms with Crippen LogP contribution in [0.25, 0.3) is 0 Å². The van der Waals surface area contributed by atoms with Gasteiger partial charge in [0.2, 0.25) is 5.91 Å². The first kappa shape index (κ1) is 21.8. The highest BCUT2D eigenvalue weighted by Gasteiger charge is 2.29. The van der Waals surface area contributed by atoms with E-state index in [-0.39, 0.29) is 24.3 Å². The molecule has 30 heavy (non-hydrogen) atoms. The molecule has 1 aliphatic heterocycles. The highest BCUT2D eigenvalue weighted by molar-refractivity contribution is 5.92. The maximum Gasteiger partial charge on any atom is 0.260 e. The number of likely N-dealkylation sites (tertiary alicyclic amines) is 1. The lowest BCUT2D eigenvalue weighted by molar-refractivity contribution is -0.136. The van der Waals surface area contributed by atoms with Crippen LogP contribution in [-0.2, 0) is 9.59 Å².